The maximum atomic E-state index is 14.5. The molecule has 0 aliphatic heterocycles. The van der Waals surface area contributed by atoms with Crippen molar-refractivity contribution in [2.75, 3.05) is 11.9 Å². The first-order valence-electron chi connectivity index (χ1n) is 11.8. The average Bonchev–Trinajstić information content (AvgIpc) is 2.91. The summed E-state index contributed by atoms with van der Waals surface area (Å²) >= 11 is 6.38. The van der Waals surface area contributed by atoms with Gasteiger partial charge >= 0.3 is 12.1 Å². The Kier molecular flexibility index (Phi) is 8.39. The molecule has 3 aromatic carbocycles. The molecule has 0 radical (unpaired) electrons. The van der Waals surface area contributed by atoms with Crippen LogP contribution in [-0.4, -0.2) is 40.7 Å². The Balaban J connectivity index is 1.62. The highest BCUT2D eigenvalue weighted by molar-refractivity contribution is 6.33. The molecule has 0 saturated heterocycles. The minimum atomic E-state index is -4.65. The van der Waals surface area contributed by atoms with E-state index in [0.717, 1.165) is 0 Å². The SMILES string of the molecule is N#Cc1ccc(-c2ccc(C[C@H](NC(=O)c3c(F)cc(NCC(F)(F)F)cc3F)C(=O)O)c3cccnc23)c(Cl)c1. The van der Waals surface area contributed by atoms with Gasteiger partial charge in [0.1, 0.15) is 29.8 Å². The van der Waals surface area contributed by atoms with Gasteiger partial charge in [0.2, 0.25) is 0 Å². The summed E-state index contributed by atoms with van der Waals surface area (Å²) < 4.78 is 66.3. The Morgan fingerprint density at radius 3 is 2.34 bits per heavy atom. The zero-order valence-electron chi connectivity index (χ0n) is 20.7. The fourth-order valence-corrected chi connectivity index (χ4v) is 4.46. The number of nitrogens with zero attached hydrogens (tertiary/aromatic N) is 2. The second kappa shape index (κ2) is 11.8. The van der Waals surface area contributed by atoms with Gasteiger partial charge in [-0.15, -0.1) is 0 Å². The van der Waals surface area contributed by atoms with E-state index >= 15 is 0 Å². The average molecular weight is 589 g/mol. The highest BCUT2D eigenvalue weighted by Crippen LogP contribution is 2.35. The maximum Gasteiger partial charge on any atom is 0.405 e. The van der Waals surface area contributed by atoms with Crippen molar-refractivity contribution in [3.05, 3.63) is 94.1 Å². The molecule has 1 atom stereocenters. The lowest BCUT2D eigenvalue weighted by Gasteiger charge is -2.18. The molecule has 0 saturated carbocycles. The molecule has 7 nitrogen and oxygen atoms in total. The van der Waals surface area contributed by atoms with Crippen molar-refractivity contribution < 1.29 is 36.6 Å². The highest BCUT2D eigenvalue weighted by atomic mass is 35.5. The van der Waals surface area contributed by atoms with Gasteiger partial charge in [0.15, 0.2) is 0 Å². The molecule has 1 aromatic heterocycles. The Labute approximate surface area is 234 Å². The standard InChI is InChI=1S/C28H18ClF5N4O3/c29-20-8-14(12-35)3-5-18(20)19-6-4-15(17-2-1-7-36-25(17)19)9-23(27(40)41)38-26(39)24-21(30)10-16(11-22(24)31)37-13-28(32,33)34/h1-8,10-11,23,37H,9,13H2,(H,38,39)(H,40,41)/t23-/m0/s1. The van der Waals surface area contributed by atoms with Crippen LogP contribution >= 0.6 is 11.6 Å². The van der Waals surface area contributed by atoms with Gasteiger partial charge in [-0.2, -0.15) is 18.4 Å². The monoisotopic (exact) mass is 588 g/mol. The van der Waals surface area contributed by atoms with Crippen molar-refractivity contribution in [1.29, 1.82) is 5.26 Å². The largest absolute Gasteiger partial charge is 0.480 e. The number of hydrogen-bond acceptors (Lipinski definition) is 5. The van der Waals surface area contributed by atoms with E-state index < -0.39 is 53.5 Å². The number of nitriles is 1. The maximum absolute atomic E-state index is 14.5. The topological polar surface area (TPSA) is 115 Å². The first-order chi connectivity index (χ1) is 19.4. The van der Waals surface area contributed by atoms with Crippen LogP contribution in [0.2, 0.25) is 5.02 Å². The number of pyridine rings is 1. The second-order valence-electron chi connectivity index (χ2n) is 8.83. The number of rotatable bonds is 8. The number of aliphatic carboxylic acids is 1. The summed E-state index contributed by atoms with van der Waals surface area (Å²) in [5, 5.41) is 23.6. The van der Waals surface area contributed by atoms with E-state index in [1.165, 1.54) is 12.3 Å². The van der Waals surface area contributed by atoms with Crippen LogP contribution < -0.4 is 10.6 Å². The lowest BCUT2D eigenvalue weighted by atomic mass is 9.94. The van der Waals surface area contributed by atoms with E-state index in [9.17, 15) is 36.6 Å². The zero-order valence-corrected chi connectivity index (χ0v) is 21.4. The third kappa shape index (κ3) is 6.70. The van der Waals surface area contributed by atoms with E-state index in [-0.39, 0.29) is 6.42 Å². The van der Waals surface area contributed by atoms with Crippen molar-refractivity contribution in [3.63, 3.8) is 0 Å². The van der Waals surface area contributed by atoms with E-state index in [0.29, 0.717) is 50.3 Å². The summed E-state index contributed by atoms with van der Waals surface area (Å²) in [6, 6.07) is 12.6. The summed E-state index contributed by atoms with van der Waals surface area (Å²) in [6.45, 7) is -1.56. The van der Waals surface area contributed by atoms with Gasteiger partial charge in [-0.25, -0.2) is 13.6 Å². The molecule has 0 fully saturated rings. The summed E-state index contributed by atoms with van der Waals surface area (Å²) in [5.74, 6) is -5.86. The summed E-state index contributed by atoms with van der Waals surface area (Å²) in [6.07, 6.45) is -3.44. The van der Waals surface area contributed by atoms with Gasteiger partial charge in [0.05, 0.1) is 17.1 Å². The van der Waals surface area contributed by atoms with Crippen LogP contribution in [-0.2, 0) is 11.2 Å². The van der Waals surface area contributed by atoms with Crippen molar-refractivity contribution in [2.45, 2.75) is 18.6 Å². The van der Waals surface area contributed by atoms with Gasteiger partial charge in [-0.05, 0) is 35.9 Å². The number of amides is 1. The molecule has 3 N–H and O–H groups in total. The number of carbonyl (C=O) groups excluding carboxylic acids is 1. The minimum absolute atomic E-state index is 0.295. The van der Waals surface area contributed by atoms with Gasteiger partial charge in [-0.3, -0.25) is 9.78 Å². The first-order valence-corrected chi connectivity index (χ1v) is 12.2. The van der Waals surface area contributed by atoms with Crippen LogP contribution in [0.5, 0.6) is 0 Å². The van der Waals surface area contributed by atoms with E-state index in [4.69, 9.17) is 16.9 Å². The minimum Gasteiger partial charge on any atom is -0.480 e. The van der Waals surface area contributed by atoms with Gasteiger partial charge in [-0.1, -0.05) is 35.9 Å². The van der Waals surface area contributed by atoms with Crippen molar-refractivity contribution in [1.82, 2.24) is 10.3 Å². The van der Waals surface area contributed by atoms with Gasteiger partial charge < -0.3 is 15.7 Å². The predicted octanol–water partition coefficient (Wildman–Crippen LogP) is 6.10. The number of carbonyl (C=O) groups is 2. The van der Waals surface area contributed by atoms with E-state index in [1.54, 1.807) is 36.4 Å². The molecule has 0 aliphatic rings. The van der Waals surface area contributed by atoms with E-state index in [2.05, 4.69) is 10.3 Å². The molecule has 0 bridgehead atoms. The number of alkyl halides is 3. The van der Waals surface area contributed by atoms with Crippen LogP contribution in [0.15, 0.2) is 60.8 Å². The molecule has 0 spiro atoms. The number of benzene rings is 3. The number of hydrogen-bond donors (Lipinski definition) is 3. The smallest absolute Gasteiger partial charge is 0.405 e. The number of halogens is 6. The Bertz CT molecular complexity index is 1680. The molecule has 4 rings (SSSR count). The van der Waals surface area contributed by atoms with Crippen LogP contribution in [0.25, 0.3) is 22.0 Å². The number of anilines is 1. The summed E-state index contributed by atoms with van der Waals surface area (Å²) in [4.78, 5) is 29.1. The molecule has 1 amide bonds. The normalized spacial score (nSPS) is 12.0. The first kappa shape index (κ1) is 29.2. The zero-order chi connectivity index (χ0) is 29.9. The molecule has 0 aliphatic carbocycles. The Morgan fingerprint density at radius 2 is 1.73 bits per heavy atom. The molecule has 210 valence electrons. The lowest BCUT2D eigenvalue weighted by molar-refractivity contribution is -0.139. The lowest BCUT2D eigenvalue weighted by Crippen LogP contribution is -2.43. The van der Waals surface area contributed by atoms with Gasteiger partial charge in [0, 0.05) is 39.8 Å². The highest BCUT2D eigenvalue weighted by Gasteiger charge is 2.29. The van der Waals surface area contributed by atoms with E-state index in [1.807, 2.05) is 11.4 Å². The van der Waals surface area contributed by atoms with Crippen LogP contribution in [0, 0.1) is 23.0 Å². The molecule has 41 heavy (non-hydrogen) atoms. The fourth-order valence-electron chi connectivity index (χ4n) is 4.17. The number of carboxylic acid groups (broad SMARTS) is 1. The number of nitrogens with one attached hydrogen (secondary N) is 2. The number of fused-ring (bicyclic) bond motifs is 1. The molecular weight excluding hydrogens is 571 g/mol. The third-order valence-corrected chi connectivity index (χ3v) is 6.35. The van der Waals surface area contributed by atoms with Crippen molar-refractivity contribution >= 4 is 40.1 Å². The summed E-state index contributed by atoms with van der Waals surface area (Å²) in [5.41, 5.74) is 0.707. The Morgan fingerprint density at radius 1 is 1.05 bits per heavy atom. The van der Waals surface area contributed by atoms with Crippen molar-refractivity contribution in [2.24, 2.45) is 0 Å². The predicted molar refractivity (Wildman–Crippen MR) is 140 cm³/mol. The van der Waals surface area contributed by atoms with Crippen molar-refractivity contribution in [3.8, 4) is 17.2 Å². The van der Waals surface area contributed by atoms with Gasteiger partial charge in [0.25, 0.3) is 5.91 Å². The van der Waals surface area contributed by atoms with Crippen LogP contribution in [0.1, 0.15) is 21.5 Å². The molecule has 4 aromatic rings. The van der Waals surface area contributed by atoms with Crippen LogP contribution in [0.3, 0.4) is 0 Å². The molecule has 1 heterocycles. The van der Waals surface area contributed by atoms with Crippen LogP contribution in [0.4, 0.5) is 27.6 Å². The molecule has 0 unspecified atom stereocenters. The number of aromatic nitrogens is 1. The molecular formula is C28H18ClF5N4O3. The summed E-state index contributed by atoms with van der Waals surface area (Å²) in [7, 11) is 0. The molecule has 13 heteroatoms. The fraction of sp³-hybridized carbons (Fsp3) is 0.143. The Hall–Kier alpha value is -4.76. The number of carboxylic acids is 1. The quantitative estimate of drug-likeness (QED) is 0.214. The third-order valence-electron chi connectivity index (χ3n) is 6.04. The second-order valence-corrected chi connectivity index (χ2v) is 9.24.